The number of hydrogen-bond donors (Lipinski definition) is 2. The number of hydrogen-bond acceptors (Lipinski definition) is 5. The summed E-state index contributed by atoms with van der Waals surface area (Å²) in [6.07, 6.45) is 3.67. The van der Waals surface area contributed by atoms with Crippen LogP contribution in [0.2, 0.25) is 0 Å². The Morgan fingerprint density at radius 1 is 1.16 bits per heavy atom. The zero-order chi connectivity index (χ0) is 17.2. The van der Waals surface area contributed by atoms with Gasteiger partial charge in [0.25, 0.3) is 5.91 Å². The van der Waals surface area contributed by atoms with Crippen LogP contribution in [0.25, 0.3) is 22.4 Å². The third-order valence-electron chi connectivity index (χ3n) is 3.80. The molecule has 2 aromatic carbocycles. The summed E-state index contributed by atoms with van der Waals surface area (Å²) in [7, 11) is 0. The smallest absolute Gasteiger partial charge is 0.322 e. The molecule has 0 saturated heterocycles. The molecule has 2 N–H and O–H groups in total. The third kappa shape index (κ3) is 3.01. The number of para-hydroxylation sites is 1. The summed E-state index contributed by atoms with van der Waals surface area (Å²) in [5.74, 6) is 0.0654. The van der Waals surface area contributed by atoms with Gasteiger partial charge >= 0.3 is 6.01 Å². The number of H-pyrrole nitrogens is 1. The van der Waals surface area contributed by atoms with E-state index in [1.54, 1.807) is 18.0 Å². The number of amides is 1. The highest BCUT2D eigenvalue weighted by Crippen LogP contribution is 2.25. The fourth-order valence-corrected chi connectivity index (χ4v) is 3.03. The average molecular weight is 350 g/mol. The normalized spacial score (nSPS) is 10.9. The van der Waals surface area contributed by atoms with Crippen molar-refractivity contribution < 1.29 is 9.21 Å². The summed E-state index contributed by atoms with van der Waals surface area (Å²) in [5, 5.41) is 11.4. The molecule has 7 heteroatoms. The quantitative estimate of drug-likeness (QED) is 0.539. The zero-order valence-electron chi connectivity index (χ0n) is 13.3. The molecule has 0 saturated carbocycles. The molecule has 4 rings (SSSR count). The number of nitrogens with one attached hydrogen (secondary N) is 2. The summed E-state index contributed by atoms with van der Waals surface area (Å²) < 4.78 is 5.58. The van der Waals surface area contributed by atoms with Gasteiger partial charge in [-0.25, -0.2) is 0 Å². The van der Waals surface area contributed by atoms with Gasteiger partial charge in [-0.3, -0.25) is 10.1 Å². The van der Waals surface area contributed by atoms with Crippen molar-refractivity contribution in [3.63, 3.8) is 0 Å². The fraction of sp³-hybridized carbons (Fsp3) is 0.0556. The molecule has 2 aromatic heterocycles. The van der Waals surface area contributed by atoms with E-state index in [1.165, 1.54) is 0 Å². The molecule has 0 aliphatic carbocycles. The second-order valence-electron chi connectivity index (χ2n) is 5.35. The summed E-state index contributed by atoms with van der Waals surface area (Å²) in [6, 6.07) is 15.4. The monoisotopic (exact) mass is 350 g/mol. The maximum atomic E-state index is 12.5. The predicted octanol–water partition coefficient (Wildman–Crippen LogP) is 4.19. The number of benzene rings is 2. The van der Waals surface area contributed by atoms with Gasteiger partial charge in [0.1, 0.15) is 0 Å². The fourth-order valence-electron chi connectivity index (χ4n) is 2.57. The number of fused-ring (bicyclic) bond motifs is 1. The number of nitrogens with zero attached hydrogens (tertiary/aromatic N) is 2. The van der Waals surface area contributed by atoms with Crippen molar-refractivity contribution in [2.45, 2.75) is 4.90 Å². The third-order valence-corrected chi connectivity index (χ3v) is 4.52. The minimum absolute atomic E-state index is 0.0693. The Morgan fingerprint density at radius 3 is 2.92 bits per heavy atom. The van der Waals surface area contributed by atoms with Crippen molar-refractivity contribution >= 4 is 34.6 Å². The second-order valence-corrected chi connectivity index (χ2v) is 6.23. The Hall–Kier alpha value is -3.06. The Labute approximate surface area is 147 Å². The van der Waals surface area contributed by atoms with Gasteiger partial charge in [0.15, 0.2) is 0 Å². The van der Waals surface area contributed by atoms with Gasteiger partial charge in [-0.15, -0.1) is 16.9 Å². The lowest BCUT2D eigenvalue weighted by molar-refractivity contribution is 0.102. The van der Waals surface area contributed by atoms with E-state index < -0.39 is 0 Å². The number of carbonyl (C=O) groups excluding carboxylic acids is 1. The highest BCUT2D eigenvalue weighted by Gasteiger charge is 2.16. The van der Waals surface area contributed by atoms with Gasteiger partial charge in [0.05, 0.1) is 5.56 Å². The van der Waals surface area contributed by atoms with Crippen molar-refractivity contribution in [1.29, 1.82) is 0 Å². The number of anilines is 1. The van der Waals surface area contributed by atoms with Crippen molar-refractivity contribution in [3.05, 3.63) is 60.3 Å². The van der Waals surface area contributed by atoms with Crippen LogP contribution >= 0.6 is 11.8 Å². The van der Waals surface area contributed by atoms with Gasteiger partial charge in [-0.05, 0) is 30.5 Å². The summed E-state index contributed by atoms with van der Waals surface area (Å²) in [4.78, 5) is 16.6. The summed E-state index contributed by atoms with van der Waals surface area (Å²) >= 11 is 1.63. The van der Waals surface area contributed by atoms with E-state index in [4.69, 9.17) is 4.42 Å². The Kier molecular flexibility index (Phi) is 3.99. The van der Waals surface area contributed by atoms with Gasteiger partial charge in [-0.2, -0.15) is 0 Å². The molecule has 0 spiro atoms. The molecule has 2 heterocycles. The molecular weight excluding hydrogens is 336 g/mol. The van der Waals surface area contributed by atoms with E-state index in [0.29, 0.717) is 11.5 Å². The van der Waals surface area contributed by atoms with Crippen LogP contribution in [0, 0.1) is 0 Å². The molecule has 25 heavy (non-hydrogen) atoms. The van der Waals surface area contributed by atoms with E-state index in [-0.39, 0.29) is 11.9 Å². The molecule has 0 bridgehead atoms. The van der Waals surface area contributed by atoms with Crippen molar-refractivity contribution in [2.75, 3.05) is 11.6 Å². The van der Waals surface area contributed by atoms with Crippen molar-refractivity contribution in [3.8, 4) is 11.5 Å². The highest BCUT2D eigenvalue weighted by atomic mass is 32.2. The van der Waals surface area contributed by atoms with Crippen molar-refractivity contribution in [2.24, 2.45) is 0 Å². The molecule has 124 valence electrons. The SMILES string of the molecule is CSc1cccc(-c2nnc(NC(=O)c3c[nH]c4ccccc34)o2)c1. The molecule has 0 aliphatic rings. The average Bonchev–Trinajstić information content (AvgIpc) is 3.28. The first-order valence-corrected chi connectivity index (χ1v) is 8.82. The Balaban J connectivity index is 1.57. The number of carbonyl (C=O) groups is 1. The molecule has 0 radical (unpaired) electrons. The summed E-state index contributed by atoms with van der Waals surface area (Å²) in [6.45, 7) is 0. The lowest BCUT2D eigenvalue weighted by Gasteiger charge is -2.00. The number of thioether (sulfide) groups is 1. The van der Waals surface area contributed by atoms with E-state index in [1.807, 2.05) is 54.8 Å². The number of aromatic nitrogens is 3. The van der Waals surface area contributed by atoms with Gasteiger partial charge in [0, 0.05) is 27.6 Å². The van der Waals surface area contributed by atoms with Crippen LogP contribution in [0.15, 0.2) is 64.0 Å². The molecular formula is C18H14N4O2S. The Morgan fingerprint density at radius 2 is 2.04 bits per heavy atom. The first-order chi connectivity index (χ1) is 12.2. The van der Waals surface area contributed by atoms with Gasteiger partial charge in [0.2, 0.25) is 5.89 Å². The molecule has 1 amide bonds. The van der Waals surface area contributed by atoms with Crippen LogP contribution in [-0.4, -0.2) is 27.3 Å². The van der Waals surface area contributed by atoms with E-state index in [9.17, 15) is 4.79 Å². The summed E-state index contributed by atoms with van der Waals surface area (Å²) in [5.41, 5.74) is 2.24. The maximum Gasteiger partial charge on any atom is 0.322 e. The topological polar surface area (TPSA) is 83.8 Å². The van der Waals surface area contributed by atoms with Crippen LogP contribution in [0.5, 0.6) is 0 Å². The van der Waals surface area contributed by atoms with Crippen LogP contribution < -0.4 is 5.32 Å². The number of rotatable bonds is 4. The van der Waals surface area contributed by atoms with E-state index in [2.05, 4.69) is 20.5 Å². The van der Waals surface area contributed by atoms with Crippen LogP contribution in [-0.2, 0) is 0 Å². The van der Waals surface area contributed by atoms with E-state index >= 15 is 0 Å². The van der Waals surface area contributed by atoms with Crippen molar-refractivity contribution in [1.82, 2.24) is 15.2 Å². The largest absolute Gasteiger partial charge is 0.403 e. The molecule has 0 aliphatic heterocycles. The molecule has 6 nitrogen and oxygen atoms in total. The minimum Gasteiger partial charge on any atom is -0.403 e. The van der Waals surface area contributed by atoms with Gasteiger partial charge < -0.3 is 9.40 Å². The lowest BCUT2D eigenvalue weighted by atomic mass is 10.2. The van der Waals surface area contributed by atoms with Gasteiger partial charge in [-0.1, -0.05) is 29.4 Å². The molecule has 0 fully saturated rings. The number of aromatic amines is 1. The Bertz CT molecular complexity index is 1050. The molecule has 0 atom stereocenters. The first-order valence-electron chi connectivity index (χ1n) is 7.60. The lowest BCUT2D eigenvalue weighted by Crippen LogP contribution is -2.11. The first kappa shape index (κ1) is 15.5. The molecule has 4 aromatic rings. The van der Waals surface area contributed by atoms with Crippen LogP contribution in [0.1, 0.15) is 10.4 Å². The highest BCUT2D eigenvalue weighted by molar-refractivity contribution is 7.98. The molecule has 0 unspecified atom stereocenters. The standard InChI is InChI=1S/C18H14N4O2S/c1-25-12-6-4-5-11(9-12)17-21-22-18(24-17)20-16(23)14-10-19-15-8-3-2-7-13(14)15/h2-10,19H,1H3,(H,20,22,23). The van der Waals surface area contributed by atoms with Crippen LogP contribution in [0.3, 0.4) is 0 Å². The minimum atomic E-state index is -0.300. The van der Waals surface area contributed by atoms with E-state index in [0.717, 1.165) is 21.4 Å². The van der Waals surface area contributed by atoms with Crippen LogP contribution in [0.4, 0.5) is 6.01 Å². The maximum absolute atomic E-state index is 12.5. The zero-order valence-corrected chi connectivity index (χ0v) is 14.1. The second kappa shape index (κ2) is 6.45. The predicted molar refractivity (Wildman–Crippen MR) is 97.8 cm³/mol.